The van der Waals surface area contributed by atoms with Crippen LogP contribution in [-0.4, -0.2) is 48.6 Å². The van der Waals surface area contributed by atoms with E-state index >= 15 is 0 Å². The summed E-state index contributed by atoms with van der Waals surface area (Å²) in [7, 11) is 1.58. The molecule has 0 aliphatic carbocycles. The van der Waals surface area contributed by atoms with Crippen molar-refractivity contribution < 1.29 is 23.9 Å². The molecular formula is C28H39N3O5. The van der Waals surface area contributed by atoms with Gasteiger partial charge in [-0.25, -0.2) is 4.79 Å². The lowest BCUT2D eigenvalue weighted by molar-refractivity contribution is -0.138. The number of nitrogens with one attached hydrogen (secondary N) is 2. The van der Waals surface area contributed by atoms with Gasteiger partial charge in [0.25, 0.3) is 5.91 Å². The third-order valence-electron chi connectivity index (χ3n) is 5.48. The molecule has 1 atom stereocenters. The highest BCUT2D eigenvalue weighted by Gasteiger charge is 2.31. The SMILES string of the molecule is CCCCN(C(=O)CNC(=O)OC(C)(C)C)C(C(=O)Nc1ccc(OC)cc1)c1ccc(CC)cc1. The first-order valence-corrected chi connectivity index (χ1v) is 12.4. The second kappa shape index (κ2) is 13.5. The average molecular weight is 498 g/mol. The summed E-state index contributed by atoms with van der Waals surface area (Å²) >= 11 is 0. The minimum absolute atomic E-state index is 0.280. The molecule has 2 aromatic rings. The smallest absolute Gasteiger partial charge is 0.408 e. The molecule has 8 heteroatoms. The van der Waals surface area contributed by atoms with Crippen molar-refractivity contribution in [3.63, 3.8) is 0 Å². The largest absolute Gasteiger partial charge is 0.497 e. The van der Waals surface area contributed by atoms with E-state index in [1.807, 2.05) is 31.2 Å². The van der Waals surface area contributed by atoms with Crippen molar-refractivity contribution in [3.05, 3.63) is 59.7 Å². The summed E-state index contributed by atoms with van der Waals surface area (Å²) in [5.74, 6) is -0.0393. The van der Waals surface area contributed by atoms with Gasteiger partial charge in [0.05, 0.1) is 7.11 Å². The molecule has 0 aliphatic rings. The van der Waals surface area contributed by atoms with E-state index in [4.69, 9.17) is 9.47 Å². The molecule has 2 aromatic carbocycles. The number of rotatable bonds is 11. The summed E-state index contributed by atoms with van der Waals surface area (Å²) in [4.78, 5) is 40.6. The molecule has 0 fully saturated rings. The van der Waals surface area contributed by atoms with Crippen LogP contribution in [0.15, 0.2) is 48.5 Å². The molecule has 0 saturated carbocycles. The van der Waals surface area contributed by atoms with E-state index in [1.54, 1.807) is 52.1 Å². The normalized spacial score (nSPS) is 11.8. The number of carbonyl (C=O) groups excluding carboxylic acids is 3. The van der Waals surface area contributed by atoms with Crippen molar-refractivity contribution in [2.45, 2.75) is 65.5 Å². The molecule has 0 radical (unpaired) electrons. The maximum Gasteiger partial charge on any atom is 0.408 e. The maximum absolute atomic E-state index is 13.6. The molecule has 0 spiro atoms. The lowest BCUT2D eigenvalue weighted by atomic mass is 10.0. The van der Waals surface area contributed by atoms with Gasteiger partial charge in [-0.3, -0.25) is 9.59 Å². The highest BCUT2D eigenvalue weighted by Crippen LogP contribution is 2.25. The van der Waals surface area contributed by atoms with Crippen LogP contribution in [0.1, 0.15) is 64.6 Å². The fourth-order valence-corrected chi connectivity index (χ4v) is 3.58. The fraction of sp³-hybridized carbons (Fsp3) is 0.464. The molecule has 2 N–H and O–H groups in total. The van der Waals surface area contributed by atoms with Crippen molar-refractivity contribution in [1.29, 1.82) is 0 Å². The maximum atomic E-state index is 13.6. The first-order valence-electron chi connectivity index (χ1n) is 12.4. The van der Waals surface area contributed by atoms with Crippen molar-refractivity contribution >= 4 is 23.6 Å². The monoisotopic (exact) mass is 497 g/mol. The Balaban J connectivity index is 2.34. The highest BCUT2D eigenvalue weighted by molar-refractivity contribution is 5.98. The molecule has 0 heterocycles. The summed E-state index contributed by atoms with van der Waals surface area (Å²) < 4.78 is 10.4. The van der Waals surface area contributed by atoms with Crippen molar-refractivity contribution in [2.75, 3.05) is 25.5 Å². The Labute approximate surface area is 214 Å². The van der Waals surface area contributed by atoms with Crippen LogP contribution in [0.25, 0.3) is 0 Å². The third-order valence-corrected chi connectivity index (χ3v) is 5.48. The standard InChI is InChI=1S/C28H39N3O5/c1-7-9-18-31(24(32)19-29-27(34)36-28(3,4)5)25(21-12-10-20(8-2)11-13-21)26(33)30-22-14-16-23(35-6)17-15-22/h10-17,25H,7-9,18-19H2,1-6H3,(H,29,34)(H,30,33). The predicted octanol–water partition coefficient (Wildman–Crippen LogP) is 5.09. The van der Waals surface area contributed by atoms with Gasteiger partial charge in [0.2, 0.25) is 5.91 Å². The van der Waals surface area contributed by atoms with Crippen LogP contribution in [0.2, 0.25) is 0 Å². The minimum Gasteiger partial charge on any atom is -0.497 e. The van der Waals surface area contributed by atoms with Gasteiger partial charge in [-0.1, -0.05) is 44.5 Å². The number of amides is 3. The molecule has 0 bridgehead atoms. The number of methoxy groups -OCH3 is 1. The quantitative estimate of drug-likeness (QED) is 0.451. The molecule has 3 amide bonds. The number of hydrogen-bond acceptors (Lipinski definition) is 5. The Morgan fingerprint density at radius 3 is 2.14 bits per heavy atom. The van der Waals surface area contributed by atoms with Gasteiger partial charge in [-0.2, -0.15) is 0 Å². The molecule has 36 heavy (non-hydrogen) atoms. The second-order valence-electron chi connectivity index (χ2n) is 9.51. The van der Waals surface area contributed by atoms with E-state index in [-0.39, 0.29) is 18.4 Å². The highest BCUT2D eigenvalue weighted by atomic mass is 16.6. The molecule has 0 aliphatic heterocycles. The number of carbonyl (C=O) groups is 3. The average Bonchev–Trinajstić information content (AvgIpc) is 2.84. The number of ether oxygens (including phenoxy) is 2. The summed E-state index contributed by atoms with van der Waals surface area (Å²) in [6.45, 7) is 9.41. The molecule has 0 saturated heterocycles. The van der Waals surface area contributed by atoms with Crippen molar-refractivity contribution in [1.82, 2.24) is 10.2 Å². The molecule has 1 unspecified atom stereocenters. The van der Waals surface area contributed by atoms with Crippen LogP contribution < -0.4 is 15.4 Å². The topological polar surface area (TPSA) is 97.0 Å². The number of nitrogens with zero attached hydrogens (tertiary/aromatic N) is 1. The van der Waals surface area contributed by atoms with Crippen LogP contribution in [0, 0.1) is 0 Å². The van der Waals surface area contributed by atoms with Gasteiger partial charge in [0, 0.05) is 12.2 Å². The van der Waals surface area contributed by atoms with E-state index in [9.17, 15) is 14.4 Å². The Bertz CT molecular complexity index is 997. The van der Waals surface area contributed by atoms with Crippen LogP contribution in [0.5, 0.6) is 5.75 Å². The number of unbranched alkanes of at least 4 members (excludes halogenated alkanes) is 1. The minimum atomic E-state index is -0.877. The van der Waals surface area contributed by atoms with Gasteiger partial charge in [0.15, 0.2) is 0 Å². The lowest BCUT2D eigenvalue weighted by Gasteiger charge is -2.32. The summed E-state index contributed by atoms with van der Waals surface area (Å²) in [6.07, 6.45) is 1.72. The molecule has 196 valence electrons. The molecule has 8 nitrogen and oxygen atoms in total. The number of anilines is 1. The zero-order chi connectivity index (χ0) is 26.7. The summed E-state index contributed by atoms with van der Waals surface area (Å²) in [5.41, 5.74) is 1.73. The van der Waals surface area contributed by atoms with Gasteiger partial charge < -0.3 is 25.0 Å². The van der Waals surface area contributed by atoms with Crippen LogP contribution in [0.4, 0.5) is 10.5 Å². The van der Waals surface area contributed by atoms with Gasteiger partial charge in [-0.15, -0.1) is 0 Å². The van der Waals surface area contributed by atoms with Crippen LogP contribution in [-0.2, 0) is 20.7 Å². The number of aryl methyl sites for hydroxylation is 1. The molecule has 2 rings (SSSR count). The third kappa shape index (κ3) is 8.91. The summed E-state index contributed by atoms with van der Waals surface area (Å²) in [5, 5.41) is 5.45. The van der Waals surface area contributed by atoms with Crippen LogP contribution in [0.3, 0.4) is 0 Å². The first kappa shape index (κ1) is 28.7. The molecule has 0 aromatic heterocycles. The van der Waals surface area contributed by atoms with Crippen LogP contribution >= 0.6 is 0 Å². The van der Waals surface area contributed by atoms with Gasteiger partial charge in [-0.05, 0) is 69.0 Å². The number of alkyl carbamates (subject to hydrolysis) is 1. The van der Waals surface area contributed by atoms with E-state index in [1.165, 1.54) is 4.90 Å². The van der Waals surface area contributed by atoms with Crippen molar-refractivity contribution in [2.24, 2.45) is 0 Å². The first-order chi connectivity index (χ1) is 17.1. The molecular weight excluding hydrogens is 458 g/mol. The fourth-order valence-electron chi connectivity index (χ4n) is 3.58. The predicted molar refractivity (Wildman–Crippen MR) is 141 cm³/mol. The number of hydrogen-bond donors (Lipinski definition) is 2. The van der Waals surface area contributed by atoms with E-state index in [0.29, 0.717) is 30.0 Å². The van der Waals surface area contributed by atoms with Crippen molar-refractivity contribution in [3.8, 4) is 5.75 Å². The second-order valence-corrected chi connectivity index (χ2v) is 9.51. The summed E-state index contributed by atoms with van der Waals surface area (Å²) in [6, 6.07) is 13.8. The Morgan fingerprint density at radius 2 is 1.61 bits per heavy atom. The van der Waals surface area contributed by atoms with Gasteiger partial charge >= 0.3 is 6.09 Å². The zero-order valence-electron chi connectivity index (χ0n) is 22.2. The van der Waals surface area contributed by atoms with Gasteiger partial charge in [0.1, 0.15) is 23.9 Å². The van der Waals surface area contributed by atoms with E-state index < -0.39 is 17.7 Å². The Hall–Kier alpha value is -3.55. The Kier molecular flexibility index (Phi) is 10.8. The Morgan fingerprint density at radius 1 is 0.972 bits per heavy atom. The zero-order valence-corrected chi connectivity index (χ0v) is 22.2. The lowest BCUT2D eigenvalue weighted by Crippen LogP contribution is -2.46. The van der Waals surface area contributed by atoms with E-state index in [2.05, 4.69) is 17.6 Å². The number of benzene rings is 2. The van der Waals surface area contributed by atoms with E-state index in [0.717, 1.165) is 18.4 Å².